The first-order valence-corrected chi connectivity index (χ1v) is 6.14. The van der Waals surface area contributed by atoms with Crippen LogP contribution < -0.4 is 5.32 Å². The van der Waals surface area contributed by atoms with Gasteiger partial charge in [-0.1, -0.05) is 19.9 Å². The van der Waals surface area contributed by atoms with Gasteiger partial charge < -0.3 is 14.7 Å². The van der Waals surface area contributed by atoms with Gasteiger partial charge in [0, 0.05) is 0 Å². The molecule has 82 valence electrons. The summed E-state index contributed by atoms with van der Waals surface area (Å²) in [5, 5.41) is 2.20. The van der Waals surface area contributed by atoms with Gasteiger partial charge in [-0.2, -0.15) is 0 Å². The molecule has 1 unspecified atom stereocenters. The molecule has 0 rings (SSSR count). The van der Waals surface area contributed by atoms with Crippen molar-refractivity contribution in [3.8, 4) is 0 Å². The Morgan fingerprint density at radius 1 is 1.71 bits per heavy atom. The SMILES string of the molecule is C=CC(=O)NCP(=O)(O)OCCCC. The molecule has 0 fully saturated rings. The minimum Gasteiger partial charge on any atom is -0.341 e. The molecule has 0 saturated heterocycles. The van der Waals surface area contributed by atoms with Crippen molar-refractivity contribution in [1.29, 1.82) is 0 Å². The number of nitrogens with one attached hydrogen (secondary N) is 1. The van der Waals surface area contributed by atoms with Crippen LogP contribution in [0.5, 0.6) is 0 Å². The van der Waals surface area contributed by atoms with E-state index < -0.39 is 13.5 Å². The summed E-state index contributed by atoms with van der Waals surface area (Å²) in [5.74, 6) is -0.488. The Morgan fingerprint density at radius 3 is 2.86 bits per heavy atom. The van der Waals surface area contributed by atoms with Crippen molar-refractivity contribution in [3.63, 3.8) is 0 Å². The van der Waals surface area contributed by atoms with E-state index >= 15 is 0 Å². The Balaban J connectivity index is 3.77. The van der Waals surface area contributed by atoms with Crippen LogP contribution >= 0.6 is 7.60 Å². The van der Waals surface area contributed by atoms with Gasteiger partial charge in [0.25, 0.3) is 0 Å². The zero-order chi connectivity index (χ0) is 11.0. The Bertz CT molecular complexity index is 241. The van der Waals surface area contributed by atoms with E-state index in [1.807, 2.05) is 6.92 Å². The van der Waals surface area contributed by atoms with Crippen molar-refractivity contribution in [2.24, 2.45) is 0 Å². The van der Waals surface area contributed by atoms with Gasteiger partial charge in [-0.25, -0.2) is 0 Å². The Morgan fingerprint density at radius 2 is 2.36 bits per heavy atom. The van der Waals surface area contributed by atoms with Gasteiger partial charge in [0.1, 0.15) is 6.29 Å². The molecule has 0 aliphatic heterocycles. The van der Waals surface area contributed by atoms with E-state index in [1.165, 1.54) is 0 Å². The summed E-state index contributed by atoms with van der Waals surface area (Å²) in [5.41, 5.74) is 0. The third-order valence-corrected chi connectivity index (χ3v) is 2.57. The number of amides is 1. The van der Waals surface area contributed by atoms with Crippen LogP contribution in [0.2, 0.25) is 0 Å². The summed E-state index contributed by atoms with van der Waals surface area (Å²) in [6.07, 6.45) is 2.27. The molecule has 0 radical (unpaired) electrons. The molecule has 0 aliphatic carbocycles. The predicted octanol–water partition coefficient (Wildman–Crippen LogP) is 1.25. The van der Waals surface area contributed by atoms with Crippen molar-refractivity contribution < 1.29 is 18.8 Å². The van der Waals surface area contributed by atoms with E-state index in [4.69, 9.17) is 9.42 Å². The maximum atomic E-state index is 11.2. The fourth-order valence-electron chi connectivity index (χ4n) is 0.647. The highest BCUT2D eigenvalue weighted by atomic mass is 31.2. The fraction of sp³-hybridized carbons (Fsp3) is 0.625. The van der Waals surface area contributed by atoms with Gasteiger partial charge in [-0.15, -0.1) is 0 Å². The van der Waals surface area contributed by atoms with Crippen LogP contribution in [0.3, 0.4) is 0 Å². The Labute approximate surface area is 83.7 Å². The van der Waals surface area contributed by atoms with E-state index in [0.29, 0.717) is 0 Å². The highest BCUT2D eigenvalue weighted by Crippen LogP contribution is 2.40. The molecule has 0 aromatic rings. The van der Waals surface area contributed by atoms with E-state index in [-0.39, 0.29) is 12.9 Å². The van der Waals surface area contributed by atoms with Crippen molar-refractivity contribution in [1.82, 2.24) is 5.32 Å². The van der Waals surface area contributed by atoms with Crippen LogP contribution in [0.1, 0.15) is 19.8 Å². The van der Waals surface area contributed by atoms with Crippen LogP contribution in [0, 0.1) is 0 Å². The van der Waals surface area contributed by atoms with E-state index in [9.17, 15) is 9.36 Å². The average molecular weight is 221 g/mol. The average Bonchev–Trinajstić information content (AvgIpc) is 2.14. The lowest BCUT2D eigenvalue weighted by Crippen LogP contribution is -2.22. The molecule has 0 saturated carbocycles. The molecular weight excluding hydrogens is 205 g/mol. The second-order valence-electron chi connectivity index (χ2n) is 2.73. The van der Waals surface area contributed by atoms with E-state index in [0.717, 1.165) is 18.9 Å². The molecular formula is C8H16NO4P. The lowest BCUT2D eigenvalue weighted by Gasteiger charge is -2.11. The molecule has 0 bridgehead atoms. The molecule has 1 amide bonds. The topological polar surface area (TPSA) is 75.6 Å². The highest BCUT2D eigenvalue weighted by molar-refractivity contribution is 7.52. The van der Waals surface area contributed by atoms with Gasteiger partial charge in [-0.3, -0.25) is 9.36 Å². The van der Waals surface area contributed by atoms with Crippen molar-refractivity contribution in [3.05, 3.63) is 12.7 Å². The van der Waals surface area contributed by atoms with Crippen molar-refractivity contribution >= 4 is 13.5 Å². The lowest BCUT2D eigenvalue weighted by molar-refractivity contribution is -0.116. The van der Waals surface area contributed by atoms with Crippen LogP contribution in [-0.2, 0) is 13.9 Å². The monoisotopic (exact) mass is 221 g/mol. The molecule has 5 nitrogen and oxygen atoms in total. The third-order valence-electron chi connectivity index (χ3n) is 1.43. The maximum Gasteiger partial charge on any atom is 0.347 e. The Kier molecular flexibility index (Phi) is 6.45. The minimum atomic E-state index is -3.67. The first kappa shape index (κ1) is 13.4. The zero-order valence-electron chi connectivity index (χ0n) is 8.23. The molecule has 0 aliphatic rings. The predicted molar refractivity (Wildman–Crippen MR) is 53.9 cm³/mol. The summed E-state index contributed by atoms with van der Waals surface area (Å²) in [4.78, 5) is 19.8. The molecule has 0 spiro atoms. The molecule has 1 atom stereocenters. The molecule has 14 heavy (non-hydrogen) atoms. The summed E-state index contributed by atoms with van der Waals surface area (Å²) in [6, 6.07) is 0. The van der Waals surface area contributed by atoms with Crippen molar-refractivity contribution in [2.75, 3.05) is 12.9 Å². The smallest absolute Gasteiger partial charge is 0.341 e. The van der Waals surface area contributed by atoms with Gasteiger partial charge in [-0.05, 0) is 12.5 Å². The number of hydrogen-bond acceptors (Lipinski definition) is 3. The second-order valence-corrected chi connectivity index (χ2v) is 4.58. The van der Waals surface area contributed by atoms with Gasteiger partial charge in [0.05, 0.1) is 6.61 Å². The molecule has 0 aromatic heterocycles. The summed E-state index contributed by atoms with van der Waals surface area (Å²) in [7, 11) is -3.67. The molecule has 0 aromatic carbocycles. The number of carbonyl (C=O) groups is 1. The largest absolute Gasteiger partial charge is 0.347 e. The number of hydrogen-bond donors (Lipinski definition) is 2. The zero-order valence-corrected chi connectivity index (χ0v) is 9.13. The third kappa shape index (κ3) is 6.83. The van der Waals surface area contributed by atoms with Gasteiger partial charge >= 0.3 is 7.60 Å². The Hall–Kier alpha value is -0.640. The molecule has 0 heterocycles. The summed E-state index contributed by atoms with van der Waals surface area (Å²) in [6.45, 7) is 5.39. The van der Waals surface area contributed by atoms with Crippen LogP contribution in [0.25, 0.3) is 0 Å². The normalized spacial score (nSPS) is 14.4. The van der Waals surface area contributed by atoms with E-state index in [2.05, 4.69) is 11.9 Å². The van der Waals surface area contributed by atoms with E-state index in [1.54, 1.807) is 0 Å². The van der Waals surface area contributed by atoms with Crippen LogP contribution in [-0.4, -0.2) is 23.7 Å². The quantitative estimate of drug-likeness (QED) is 0.385. The van der Waals surface area contributed by atoms with Gasteiger partial charge in [0.2, 0.25) is 5.91 Å². The molecule has 2 N–H and O–H groups in total. The van der Waals surface area contributed by atoms with Crippen LogP contribution in [0.15, 0.2) is 12.7 Å². The second kappa shape index (κ2) is 6.76. The highest BCUT2D eigenvalue weighted by Gasteiger charge is 2.18. The first-order valence-electron chi connectivity index (χ1n) is 4.38. The minimum absolute atomic E-state index is 0.230. The number of rotatable bonds is 7. The van der Waals surface area contributed by atoms with Gasteiger partial charge in [0.15, 0.2) is 0 Å². The summed E-state index contributed by atoms with van der Waals surface area (Å²) >= 11 is 0. The summed E-state index contributed by atoms with van der Waals surface area (Å²) < 4.78 is 15.9. The fourth-order valence-corrected chi connectivity index (χ4v) is 1.51. The molecule has 6 heteroatoms. The maximum absolute atomic E-state index is 11.2. The standard InChI is InChI=1S/C8H16NO4P/c1-3-5-6-13-14(11,12)7-9-8(10)4-2/h4H,2-3,5-7H2,1H3,(H,9,10)(H,11,12). The van der Waals surface area contributed by atoms with Crippen LogP contribution in [0.4, 0.5) is 0 Å². The lowest BCUT2D eigenvalue weighted by atomic mass is 10.4. The first-order chi connectivity index (χ1) is 6.52. The number of unbranched alkanes of at least 4 members (excludes halogenated alkanes) is 1. The van der Waals surface area contributed by atoms with Crippen molar-refractivity contribution in [2.45, 2.75) is 19.8 Å². The number of carbonyl (C=O) groups excluding carboxylic acids is 1.